The molecule has 1 atom stereocenters. The third kappa shape index (κ3) is 4.89. The number of carboxylic acid groups (broad SMARTS) is 1. The van der Waals surface area contributed by atoms with Crippen LogP contribution < -0.4 is 5.32 Å². The largest absolute Gasteiger partial charge is 0.478 e. The van der Waals surface area contributed by atoms with Crippen LogP contribution in [0.1, 0.15) is 17.3 Å². The van der Waals surface area contributed by atoms with Gasteiger partial charge in [0.2, 0.25) is 5.91 Å². The Hall–Kier alpha value is -1.69. The van der Waals surface area contributed by atoms with Crippen LogP contribution in [0, 0.1) is 0 Å². The molecule has 0 aliphatic heterocycles. The molecule has 120 valence electrons. The molecule has 1 unspecified atom stereocenters. The number of hydrogen-bond acceptors (Lipinski definition) is 3. The Morgan fingerprint density at radius 2 is 1.78 bits per heavy atom. The Balaban J connectivity index is 2.07. The molecular formula is C16H13Cl2NO3S. The number of carboxylic acids is 1. The molecule has 23 heavy (non-hydrogen) atoms. The zero-order valence-electron chi connectivity index (χ0n) is 12.0. The number of amides is 1. The van der Waals surface area contributed by atoms with Gasteiger partial charge in [0.1, 0.15) is 0 Å². The number of carbonyl (C=O) groups excluding carboxylic acids is 1. The summed E-state index contributed by atoms with van der Waals surface area (Å²) in [5, 5.41) is 12.2. The van der Waals surface area contributed by atoms with Gasteiger partial charge in [-0.15, -0.1) is 11.8 Å². The zero-order valence-corrected chi connectivity index (χ0v) is 14.4. The minimum absolute atomic E-state index is 0.0581. The Kier molecular flexibility index (Phi) is 5.93. The number of anilines is 1. The van der Waals surface area contributed by atoms with Gasteiger partial charge in [0.15, 0.2) is 0 Å². The van der Waals surface area contributed by atoms with Crippen molar-refractivity contribution in [1.82, 2.24) is 0 Å². The average molecular weight is 370 g/mol. The second-order valence-electron chi connectivity index (χ2n) is 4.70. The van der Waals surface area contributed by atoms with Gasteiger partial charge >= 0.3 is 5.97 Å². The first-order chi connectivity index (χ1) is 10.9. The number of hydrogen-bond donors (Lipinski definition) is 2. The van der Waals surface area contributed by atoms with Crippen molar-refractivity contribution in [3.63, 3.8) is 0 Å². The summed E-state index contributed by atoms with van der Waals surface area (Å²) >= 11 is 13.2. The van der Waals surface area contributed by atoms with Crippen molar-refractivity contribution < 1.29 is 14.7 Å². The minimum atomic E-state index is -1.08. The smallest absolute Gasteiger partial charge is 0.335 e. The lowest BCUT2D eigenvalue weighted by atomic mass is 10.2. The molecular weight excluding hydrogens is 357 g/mol. The Morgan fingerprint density at radius 3 is 2.39 bits per heavy atom. The molecule has 0 saturated heterocycles. The van der Waals surface area contributed by atoms with Gasteiger partial charge in [-0.05, 0) is 49.4 Å². The standard InChI is InChI=1S/C16H13Cl2NO3S/c1-9(23-12-5-3-11(17)4-6-12)15(20)19-14-8-10(16(21)22)2-7-13(14)18/h2-9H,1H3,(H,19,20)(H,21,22). The van der Waals surface area contributed by atoms with Gasteiger partial charge in [-0.1, -0.05) is 23.2 Å². The summed E-state index contributed by atoms with van der Waals surface area (Å²) < 4.78 is 0. The first kappa shape index (κ1) is 17.7. The lowest BCUT2D eigenvalue weighted by Crippen LogP contribution is -2.22. The summed E-state index contributed by atoms with van der Waals surface area (Å²) in [5.74, 6) is -1.35. The van der Waals surface area contributed by atoms with Gasteiger partial charge < -0.3 is 10.4 Å². The topological polar surface area (TPSA) is 66.4 Å². The van der Waals surface area contributed by atoms with Crippen molar-refractivity contribution >= 4 is 52.5 Å². The fraction of sp³-hybridized carbons (Fsp3) is 0.125. The molecule has 2 N–H and O–H groups in total. The van der Waals surface area contributed by atoms with E-state index in [0.717, 1.165) is 4.90 Å². The maximum absolute atomic E-state index is 12.3. The minimum Gasteiger partial charge on any atom is -0.478 e. The second kappa shape index (κ2) is 7.73. The highest BCUT2D eigenvalue weighted by molar-refractivity contribution is 8.00. The van der Waals surface area contributed by atoms with Crippen molar-refractivity contribution in [3.05, 3.63) is 58.1 Å². The monoisotopic (exact) mass is 369 g/mol. The number of nitrogens with one attached hydrogen (secondary N) is 1. The Bertz CT molecular complexity index is 735. The number of aromatic carboxylic acids is 1. The SMILES string of the molecule is CC(Sc1ccc(Cl)cc1)C(=O)Nc1cc(C(=O)O)ccc1Cl. The summed E-state index contributed by atoms with van der Waals surface area (Å²) in [6.45, 7) is 1.75. The van der Waals surface area contributed by atoms with E-state index in [2.05, 4.69) is 5.32 Å². The first-order valence-corrected chi connectivity index (χ1v) is 8.26. The molecule has 2 aromatic carbocycles. The van der Waals surface area contributed by atoms with E-state index in [9.17, 15) is 9.59 Å². The average Bonchev–Trinajstić information content (AvgIpc) is 2.51. The van der Waals surface area contributed by atoms with Crippen molar-refractivity contribution in [1.29, 1.82) is 0 Å². The molecule has 2 rings (SSSR count). The van der Waals surface area contributed by atoms with Gasteiger partial charge in [-0.2, -0.15) is 0 Å². The van der Waals surface area contributed by atoms with Gasteiger partial charge in [0.25, 0.3) is 0 Å². The Labute approximate surface area is 147 Å². The maximum Gasteiger partial charge on any atom is 0.335 e. The molecule has 0 aliphatic rings. The Morgan fingerprint density at radius 1 is 1.13 bits per heavy atom. The molecule has 4 nitrogen and oxygen atoms in total. The molecule has 0 saturated carbocycles. The van der Waals surface area contributed by atoms with E-state index in [1.807, 2.05) is 12.1 Å². The van der Waals surface area contributed by atoms with E-state index in [0.29, 0.717) is 5.02 Å². The molecule has 0 spiro atoms. The highest BCUT2D eigenvalue weighted by atomic mass is 35.5. The predicted molar refractivity (Wildman–Crippen MR) is 93.8 cm³/mol. The van der Waals surface area contributed by atoms with Crippen LogP contribution >= 0.6 is 35.0 Å². The number of thioether (sulfide) groups is 1. The van der Waals surface area contributed by atoms with E-state index in [1.165, 1.54) is 30.0 Å². The van der Waals surface area contributed by atoms with E-state index in [1.54, 1.807) is 19.1 Å². The molecule has 7 heteroatoms. The normalized spacial score (nSPS) is 11.8. The van der Waals surface area contributed by atoms with Crippen molar-refractivity contribution in [2.24, 2.45) is 0 Å². The molecule has 1 amide bonds. The molecule has 2 aromatic rings. The zero-order chi connectivity index (χ0) is 17.0. The van der Waals surface area contributed by atoms with Crippen molar-refractivity contribution in [2.75, 3.05) is 5.32 Å². The van der Waals surface area contributed by atoms with E-state index in [4.69, 9.17) is 28.3 Å². The number of carbonyl (C=O) groups is 2. The summed E-state index contributed by atoms with van der Waals surface area (Å²) in [5.41, 5.74) is 0.336. The lowest BCUT2D eigenvalue weighted by Gasteiger charge is -2.13. The predicted octanol–water partition coefficient (Wildman–Crippen LogP) is 4.81. The number of benzene rings is 2. The van der Waals surface area contributed by atoms with Crippen LogP contribution in [0.25, 0.3) is 0 Å². The van der Waals surface area contributed by atoms with Gasteiger partial charge in [0.05, 0.1) is 21.5 Å². The van der Waals surface area contributed by atoms with Crippen LogP contribution in [0.5, 0.6) is 0 Å². The summed E-state index contributed by atoms with van der Waals surface area (Å²) in [4.78, 5) is 24.1. The second-order valence-corrected chi connectivity index (χ2v) is 6.96. The molecule has 0 fully saturated rings. The highest BCUT2D eigenvalue weighted by Gasteiger charge is 2.17. The summed E-state index contributed by atoms with van der Waals surface area (Å²) in [6.07, 6.45) is 0. The van der Waals surface area contributed by atoms with Crippen LogP contribution in [0.2, 0.25) is 10.0 Å². The third-order valence-electron chi connectivity index (χ3n) is 2.97. The molecule has 0 radical (unpaired) electrons. The number of rotatable bonds is 5. The van der Waals surface area contributed by atoms with Gasteiger partial charge in [0, 0.05) is 9.92 Å². The highest BCUT2D eigenvalue weighted by Crippen LogP contribution is 2.27. The molecule has 0 heterocycles. The first-order valence-electron chi connectivity index (χ1n) is 6.63. The number of halogens is 2. The van der Waals surface area contributed by atoms with Crippen LogP contribution in [0.15, 0.2) is 47.4 Å². The van der Waals surface area contributed by atoms with E-state index < -0.39 is 5.97 Å². The fourth-order valence-corrected chi connectivity index (χ4v) is 2.92. The van der Waals surface area contributed by atoms with E-state index >= 15 is 0 Å². The van der Waals surface area contributed by atoms with E-state index in [-0.39, 0.29) is 27.4 Å². The fourth-order valence-electron chi connectivity index (χ4n) is 1.76. The molecule has 0 aliphatic carbocycles. The van der Waals surface area contributed by atoms with Crippen molar-refractivity contribution in [3.8, 4) is 0 Å². The lowest BCUT2D eigenvalue weighted by molar-refractivity contribution is -0.115. The summed E-state index contributed by atoms with van der Waals surface area (Å²) in [7, 11) is 0. The van der Waals surface area contributed by atoms with Crippen molar-refractivity contribution in [2.45, 2.75) is 17.1 Å². The third-order valence-corrected chi connectivity index (χ3v) is 4.66. The molecule has 0 aromatic heterocycles. The summed E-state index contributed by atoms with van der Waals surface area (Å²) in [6, 6.07) is 11.3. The van der Waals surface area contributed by atoms with Crippen LogP contribution in [0.4, 0.5) is 5.69 Å². The molecule has 0 bridgehead atoms. The van der Waals surface area contributed by atoms with Crippen LogP contribution in [-0.2, 0) is 4.79 Å². The van der Waals surface area contributed by atoms with Gasteiger partial charge in [-0.3, -0.25) is 4.79 Å². The van der Waals surface area contributed by atoms with Gasteiger partial charge in [-0.25, -0.2) is 4.79 Å². The quantitative estimate of drug-likeness (QED) is 0.742. The maximum atomic E-state index is 12.3. The van der Waals surface area contributed by atoms with Crippen LogP contribution in [-0.4, -0.2) is 22.2 Å². The van der Waals surface area contributed by atoms with Crippen LogP contribution in [0.3, 0.4) is 0 Å².